The van der Waals surface area contributed by atoms with E-state index in [0.29, 0.717) is 23.7 Å². The molecule has 0 nitrogen and oxygen atoms in total. The van der Waals surface area contributed by atoms with Crippen molar-refractivity contribution in [2.45, 2.75) is 92.9 Å². The monoisotopic (exact) mass is 833 g/mol. The van der Waals surface area contributed by atoms with Gasteiger partial charge in [0.05, 0.1) is 0 Å². The summed E-state index contributed by atoms with van der Waals surface area (Å²) in [5, 5.41) is 19.1. The summed E-state index contributed by atoms with van der Waals surface area (Å²) < 4.78 is 0. The van der Waals surface area contributed by atoms with Gasteiger partial charge in [0, 0.05) is 0 Å². The summed E-state index contributed by atoms with van der Waals surface area (Å²) in [5.41, 5.74) is 8.41. The normalized spacial score (nSPS) is 11.5. The number of hydrogen-bond donors (Lipinski definition) is 0. The third-order valence-electron chi connectivity index (χ3n) is 12.9. The Kier molecular flexibility index (Phi) is 13.2. The second-order valence-electron chi connectivity index (χ2n) is 19.1. The first kappa shape index (κ1) is 44.1. The summed E-state index contributed by atoms with van der Waals surface area (Å²) >= 11 is 0. The predicted octanol–water partition coefficient (Wildman–Crippen LogP) is 19.4. The van der Waals surface area contributed by atoms with Crippen LogP contribution in [0.2, 0.25) is 0 Å². The first-order valence-corrected chi connectivity index (χ1v) is 23.4. The highest BCUT2D eigenvalue weighted by Gasteiger charge is 2.13. The molecule has 0 aliphatic heterocycles. The van der Waals surface area contributed by atoms with Gasteiger partial charge in [0.2, 0.25) is 0 Å². The molecule has 0 amide bonds. The maximum atomic E-state index is 2.29. The van der Waals surface area contributed by atoms with E-state index in [1.165, 1.54) is 109 Å². The van der Waals surface area contributed by atoms with Crippen LogP contribution in [0.15, 0.2) is 182 Å². The quantitative estimate of drug-likeness (QED) is 0.122. The molecule has 0 unspecified atom stereocenters. The van der Waals surface area contributed by atoms with Crippen LogP contribution in [0, 0.1) is 13.8 Å². The maximum absolute atomic E-state index is 2.29. The number of aryl methyl sites for hydroxylation is 2. The molecule has 0 N–H and O–H groups in total. The standard InChI is InChI=1S/C19H16.C17H16.2C14H16/c1-12(2)16-10-8-15-7-6-13-4-3-5-14-9-11-17(16)19(15)18(13)14;1-12(2)17-15-9-5-3-7-13(15)11-14-8-4-6-10-16(14)17;2*1-10(2)12-6-7-13-8-11(3)4-5-14(13)9-12/h3-12H,1-2H3;3-12H,1-2H3;2*4-10H,1-3H3. The van der Waals surface area contributed by atoms with E-state index >= 15 is 0 Å². The van der Waals surface area contributed by atoms with Gasteiger partial charge in [0.15, 0.2) is 0 Å². The maximum Gasteiger partial charge on any atom is -0.00239 e. The first-order valence-electron chi connectivity index (χ1n) is 23.4. The fraction of sp³-hybridized carbons (Fsp3) is 0.219. The Morgan fingerprint density at radius 2 is 0.672 bits per heavy atom. The topological polar surface area (TPSA) is 0 Å². The van der Waals surface area contributed by atoms with Gasteiger partial charge in [-0.2, -0.15) is 0 Å². The smallest absolute Gasteiger partial charge is 0.00239 e. The average molecular weight is 833 g/mol. The number of benzene rings is 11. The van der Waals surface area contributed by atoms with Gasteiger partial charge in [-0.3, -0.25) is 0 Å². The summed E-state index contributed by atoms with van der Waals surface area (Å²) in [6, 6.07) is 66.5. The van der Waals surface area contributed by atoms with E-state index in [0.717, 1.165) is 0 Å². The van der Waals surface area contributed by atoms with E-state index in [1.807, 2.05) is 0 Å². The summed E-state index contributed by atoms with van der Waals surface area (Å²) in [5.74, 6) is 2.33. The molecule has 0 heterocycles. The molecule has 0 radical (unpaired) electrons. The zero-order chi connectivity index (χ0) is 45.1. The zero-order valence-corrected chi connectivity index (χ0v) is 39.6. The molecule has 0 aliphatic carbocycles. The summed E-state index contributed by atoms with van der Waals surface area (Å²) in [6.45, 7) is 22.3. The van der Waals surface area contributed by atoms with Gasteiger partial charge in [0.25, 0.3) is 0 Å². The van der Waals surface area contributed by atoms with Gasteiger partial charge in [-0.25, -0.2) is 0 Å². The van der Waals surface area contributed by atoms with Crippen molar-refractivity contribution >= 4 is 75.4 Å². The molecular formula is C64H64. The fourth-order valence-corrected chi connectivity index (χ4v) is 9.42. The van der Waals surface area contributed by atoms with Crippen molar-refractivity contribution in [2.75, 3.05) is 0 Å². The van der Waals surface area contributed by atoms with Gasteiger partial charge in [0.1, 0.15) is 0 Å². The third-order valence-corrected chi connectivity index (χ3v) is 12.9. The van der Waals surface area contributed by atoms with Crippen molar-refractivity contribution in [2.24, 2.45) is 0 Å². The summed E-state index contributed by atoms with van der Waals surface area (Å²) in [7, 11) is 0. The summed E-state index contributed by atoms with van der Waals surface area (Å²) in [4.78, 5) is 0. The molecule has 0 fully saturated rings. The van der Waals surface area contributed by atoms with Crippen LogP contribution < -0.4 is 0 Å². The number of hydrogen-bond acceptors (Lipinski definition) is 0. The van der Waals surface area contributed by atoms with Crippen LogP contribution in [0.1, 0.15) is 112 Å². The molecule has 64 heavy (non-hydrogen) atoms. The lowest BCUT2D eigenvalue weighted by atomic mass is 9.89. The Bertz CT molecular complexity index is 3200. The molecule has 11 aromatic rings. The van der Waals surface area contributed by atoms with Crippen molar-refractivity contribution in [3.05, 3.63) is 215 Å². The largest absolute Gasteiger partial charge is 0.0616 e. The van der Waals surface area contributed by atoms with Crippen LogP contribution >= 0.6 is 0 Å². The Balaban J connectivity index is 0.000000118. The van der Waals surface area contributed by atoms with Crippen molar-refractivity contribution < 1.29 is 0 Å². The molecule has 0 heteroatoms. The Hall–Kier alpha value is -6.50. The van der Waals surface area contributed by atoms with Crippen LogP contribution in [-0.2, 0) is 0 Å². The molecule has 0 spiro atoms. The van der Waals surface area contributed by atoms with Crippen LogP contribution in [0.5, 0.6) is 0 Å². The van der Waals surface area contributed by atoms with Gasteiger partial charge in [-0.1, -0.05) is 242 Å². The first-order chi connectivity index (χ1) is 30.9. The van der Waals surface area contributed by atoms with Crippen molar-refractivity contribution in [3.8, 4) is 0 Å². The van der Waals surface area contributed by atoms with Crippen molar-refractivity contribution in [1.82, 2.24) is 0 Å². The minimum absolute atomic E-state index is 0.547. The molecule has 0 saturated carbocycles. The van der Waals surface area contributed by atoms with E-state index in [1.54, 1.807) is 0 Å². The molecule has 11 aromatic carbocycles. The highest BCUT2D eigenvalue weighted by molar-refractivity contribution is 6.23. The lowest BCUT2D eigenvalue weighted by Gasteiger charge is -2.15. The van der Waals surface area contributed by atoms with E-state index in [-0.39, 0.29) is 0 Å². The minimum Gasteiger partial charge on any atom is -0.0616 e. The SMILES string of the molecule is CC(C)c1c2ccccc2cc2ccccc12.CC(C)c1ccc2ccc3cccc4ccc1c2c34.Cc1ccc2cc(C(C)C)ccc2c1.Cc1ccc2cc(C(C)C)ccc2c1. The van der Waals surface area contributed by atoms with E-state index in [2.05, 4.69) is 251 Å². The average Bonchev–Trinajstić information content (AvgIpc) is 3.30. The Labute approximate surface area is 381 Å². The number of fused-ring (bicyclic) bond motifs is 4. The van der Waals surface area contributed by atoms with Crippen LogP contribution in [0.4, 0.5) is 0 Å². The molecule has 0 bridgehead atoms. The minimum atomic E-state index is 0.547. The summed E-state index contributed by atoms with van der Waals surface area (Å²) in [6.07, 6.45) is 0. The molecule has 0 aromatic heterocycles. The van der Waals surface area contributed by atoms with Gasteiger partial charge >= 0.3 is 0 Å². The molecule has 0 atom stereocenters. The third kappa shape index (κ3) is 9.39. The second-order valence-corrected chi connectivity index (χ2v) is 19.1. The molecular weight excluding hydrogens is 769 g/mol. The molecule has 0 saturated heterocycles. The van der Waals surface area contributed by atoms with Gasteiger partial charge < -0.3 is 0 Å². The van der Waals surface area contributed by atoms with Crippen LogP contribution in [-0.4, -0.2) is 0 Å². The predicted molar refractivity (Wildman–Crippen MR) is 285 cm³/mol. The van der Waals surface area contributed by atoms with Gasteiger partial charge in [-0.15, -0.1) is 0 Å². The van der Waals surface area contributed by atoms with Crippen molar-refractivity contribution in [1.29, 1.82) is 0 Å². The Morgan fingerprint density at radius 1 is 0.266 bits per heavy atom. The van der Waals surface area contributed by atoms with E-state index in [4.69, 9.17) is 0 Å². The fourth-order valence-electron chi connectivity index (χ4n) is 9.42. The van der Waals surface area contributed by atoms with Crippen molar-refractivity contribution in [3.63, 3.8) is 0 Å². The second kappa shape index (κ2) is 19.1. The van der Waals surface area contributed by atoms with Gasteiger partial charge in [-0.05, 0) is 141 Å². The molecule has 0 aliphatic rings. The Morgan fingerprint density at radius 3 is 1.16 bits per heavy atom. The molecule has 11 rings (SSSR count). The van der Waals surface area contributed by atoms with Crippen LogP contribution in [0.3, 0.4) is 0 Å². The van der Waals surface area contributed by atoms with Crippen LogP contribution in [0.25, 0.3) is 75.4 Å². The highest BCUT2D eigenvalue weighted by Crippen LogP contribution is 2.38. The number of rotatable bonds is 4. The zero-order valence-electron chi connectivity index (χ0n) is 39.6. The van der Waals surface area contributed by atoms with E-state index < -0.39 is 0 Å². The van der Waals surface area contributed by atoms with E-state index in [9.17, 15) is 0 Å². The molecule has 320 valence electrons. The highest BCUT2D eigenvalue weighted by atomic mass is 14.2. The lowest BCUT2D eigenvalue weighted by Crippen LogP contribution is -1.92. The lowest BCUT2D eigenvalue weighted by molar-refractivity contribution is 0.868.